The third kappa shape index (κ3) is 6.12. The molecule has 0 aliphatic heterocycles. The maximum absolute atomic E-state index is 11.7. The first kappa shape index (κ1) is 18.2. The molecular weight excluding hydrogens is 320 g/mol. The lowest BCUT2D eigenvalue weighted by atomic mass is 10.1. The highest BCUT2D eigenvalue weighted by Crippen LogP contribution is 2.11. The molecule has 2 aromatic rings. The van der Waals surface area contributed by atoms with Gasteiger partial charge in [-0.15, -0.1) is 0 Å². The van der Waals surface area contributed by atoms with E-state index in [1.807, 2.05) is 31.2 Å². The minimum Gasteiger partial charge on any atom is -0.492 e. The quantitative estimate of drug-likeness (QED) is 0.312. The van der Waals surface area contributed by atoms with Gasteiger partial charge in [0.2, 0.25) is 5.91 Å². The summed E-state index contributed by atoms with van der Waals surface area (Å²) in [5.41, 5.74) is 4.01. The Morgan fingerprint density at radius 1 is 1.08 bits per heavy atom. The van der Waals surface area contributed by atoms with E-state index in [1.165, 1.54) is 23.8 Å². The van der Waals surface area contributed by atoms with Crippen LogP contribution in [0.4, 0.5) is 0 Å². The van der Waals surface area contributed by atoms with Crippen molar-refractivity contribution in [1.82, 2.24) is 10.8 Å². The molecule has 0 spiro atoms. The van der Waals surface area contributed by atoms with Gasteiger partial charge in [0, 0.05) is 11.6 Å². The third-order valence-electron chi connectivity index (χ3n) is 3.39. The van der Waals surface area contributed by atoms with Crippen molar-refractivity contribution in [3.8, 4) is 5.75 Å². The Morgan fingerprint density at radius 2 is 1.76 bits per heavy atom. The first-order valence-corrected chi connectivity index (χ1v) is 7.78. The van der Waals surface area contributed by atoms with Gasteiger partial charge in [0.05, 0.1) is 6.54 Å². The summed E-state index contributed by atoms with van der Waals surface area (Å²) in [4.78, 5) is 22.9. The largest absolute Gasteiger partial charge is 0.492 e. The fraction of sp³-hybridized carbons (Fsp3) is 0.158. The van der Waals surface area contributed by atoms with Crippen molar-refractivity contribution in [2.45, 2.75) is 6.92 Å². The SMILES string of the molecule is Cc1ccc(C=CC(=O)NCCOc2ccc(C(=O)NO)cc2)cc1. The van der Waals surface area contributed by atoms with E-state index < -0.39 is 5.91 Å². The Balaban J connectivity index is 1.70. The summed E-state index contributed by atoms with van der Waals surface area (Å²) in [5.74, 6) is -0.211. The highest BCUT2D eigenvalue weighted by Gasteiger charge is 2.03. The van der Waals surface area contributed by atoms with Gasteiger partial charge in [-0.1, -0.05) is 29.8 Å². The number of hydrogen-bond donors (Lipinski definition) is 3. The monoisotopic (exact) mass is 340 g/mol. The second-order valence-electron chi connectivity index (χ2n) is 5.35. The van der Waals surface area contributed by atoms with Crippen molar-refractivity contribution in [2.75, 3.05) is 13.2 Å². The zero-order valence-corrected chi connectivity index (χ0v) is 13.9. The number of aryl methyl sites for hydroxylation is 1. The van der Waals surface area contributed by atoms with E-state index in [9.17, 15) is 9.59 Å². The molecule has 6 heteroatoms. The molecule has 0 bridgehead atoms. The summed E-state index contributed by atoms with van der Waals surface area (Å²) in [6.07, 6.45) is 3.23. The second kappa shape index (κ2) is 9.24. The van der Waals surface area contributed by atoms with Gasteiger partial charge in [-0.05, 0) is 42.8 Å². The Kier molecular flexibility index (Phi) is 6.74. The smallest absolute Gasteiger partial charge is 0.274 e. The maximum atomic E-state index is 11.7. The first-order valence-electron chi connectivity index (χ1n) is 7.78. The van der Waals surface area contributed by atoms with Crippen molar-refractivity contribution in [3.63, 3.8) is 0 Å². The van der Waals surface area contributed by atoms with E-state index in [-0.39, 0.29) is 5.91 Å². The highest BCUT2D eigenvalue weighted by molar-refractivity contribution is 5.93. The summed E-state index contributed by atoms with van der Waals surface area (Å²) in [6.45, 7) is 2.67. The van der Waals surface area contributed by atoms with Crippen molar-refractivity contribution in [1.29, 1.82) is 0 Å². The number of hydroxylamine groups is 1. The summed E-state index contributed by atoms with van der Waals surface area (Å²) in [6, 6.07) is 14.2. The number of ether oxygens (including phenoxy) is 1. The summed E-state index contributed by atoms with van der Waals surface area (Å²) in [5, 5.41) is 11.3. The van der Waals surface area contributed by atoms with Crippen LogP contribution in [0.25, 0.3) is 6.08 Å². The van der Waals surface area contributed by atoms with Crippen LogP contribution in [0.2, 0.25) is 0 Å². The number of amides is 2. The van der Waals surface area contributed by atoms with Gasteiger partial charge in [0.25, 0.3) is 5.91 Å². The maximum Gasteiger partial charge on any atom is 0.274 e. The molecule has 0 aliphatic rings. The summed E-state index contributed by atoms with van der Waals surface area (Å²) < 4.78 is 5.47. The molecular formula is C19H20N2O4. The Hall–Kier alpha value is -3.12. The lowest BCUT2D eigenvalue weighted by Gasteiger charge is -2.07. The van der Waals surface area contributed by atoms with Crippen LogP contribution in [-0.4, -0.2) is 30.2 Å². The van der Waals surface area contributed by atoms with Gasteiger partial charge in [0.1, 0.15) is 12.4 Å². The molecule has 3 N–H and O–H groups in total. The van der Waals surface area contributed by atoms with Gasteiger partial charge in [-0.2, -0.15) is 0 Å². The van der Waals surface area contributed by atoms with Crippen LogP contribution in [0.3, 0.4) is 0 Å². The average Bonchev–Trinajstić information content (AvgIpc) is 2.64. The lowest BCUT2D eigenvalue weighted by Crippen LogP contribution is -2.26. The minimum atomic E-state index is -0.584. The van der Waals surface area contributed by atoms with E-state index in [4.69, 9.17) is 9.94 Å². The van der Waals surface area contributed by atoms with Gasteiger partial charge >= 0.3 is 0 Å². The molecule has 6 nitrogen and oxygen atoms in total. The molecule has 0 aromatic heterocycles. The van der Waals surface area contributed by atoms with Crippen LogP contribution in [-0.2, 0) is 4.79 Å². The number of carbonyl (C=O) groups is 2. The van der Waals surface area contributed by atoms with Crippen LogP contribution < -0.4 is 15.5 Å². The molecule has 0 saturated carbocycles. The molecule has 0 atom stereocenters. The van der Waals surface area contributed by atoms with Crippen molar-refractivity contribution < 1.29 is 19.5 Å². The van der Waals surface area contributed by atoms with Crippen LogP contribution in [0.1, 0.15) is 21.5 Å². The zero-order chi connectivity index (χ0) is 18.1. The Labute approximate surface area is 146 Å². The molecule has 0 unspecified atom stereocenters. The molecule has 2 rings (SSSR count). The highest BCUT2D eigenvalue weighted by atomic mass is 16.5. The van der Waals surface area contributed by atoms with Crippen LogP contribution in [0.5, 0.6) is 5.75 Å². The normalized spacial score (nSPS) is 10.5. The zero-order valence-electron chi connectivity index (χ0n) is 13.9. The predicted octanol–water partition coefficient (Wildman–Crippen LogP) is 2.32. The standard InChI is InChI=1S/C19H20N2O4/c1-14-2-4-15(5-3-14)6-11-18(22)20-12-13-25-17-9-7-16(8-10-17)19(23)21-24/h2-11,24H,12-13H2,1H3,(H,20,22)(H,21,23). The summed E-state index contributed by atoms with van der Waals surface area (Å²) >= 11 is 0. The van der Waals surface area contributed by atoms with E-state index in [0.717, 1.165) is 5.56 Å². The Morgan fingerprint density at radius 3 is 2.40 bits per heavy atom. The topological polar surface area (TPSA) is 87.7 Å². The summed E-state index contributed by atoms with van der Waals surface area (Å²) in [7, 11) is 0. The van der Waals surface area contributed by atoms with Crippen LogP contribution >= 0.6 is 0 Å². The van der Waals surface area contributed by atoms with Gasteiger partial charge in [-0.25, -0.2) is 5.48 Å². The minimum absolute atomic E-state index is 0.195. The molecule has 0 fully saturated rings. The number of nitrogens with one attached hydrogen (secondary N) is 2. The molecule has 0 aliphatic carbocycles. The molecule has 25 heavy (non-hydrogen) atoms. The number of rotatable bonds is 7. The predicted molar refractivity (Wildman–Crippen MR) is 94.4 cm³/mol. The van der Waals surface area contributed by atoms with Crippen molar-refractivity contribution in [2.24, 2.45) is 0 Å². The molecule has 0 radical (unpaired) electrons. The molecule has 0 saturated heterocycles. The molecule has 2 aromatic carbocycles. The van der Waals surface area contributed by atoms with Crippen LogP contribution in [0.15, 0.2) is 54.6 Å². The van der Waals surface area contributed by atoms with Gasteiger partial charge in [-0.3, -0.25) is 14.8 Å². The second-order valence-corrected chi connectivity index (χ2v) is 5.35. The fourth-order valence-electron chi connectivity index (χ4n) is 2.02. The molecule has 2 amide bonds. The third-order valence-corrected chi connectivity index (χ3v) is 3.39. The van der Waals surface area contributed by atoms with Crippen LogP contribution in [0, 0.1) is 6.92 Å². The number of benzene rings is 2. The van der Waals surface area contributed by atoms with Gasteiger partial charge in [0.15, 0.2) is 0 Å². The van der Waals surface area contributed by atoms with Crippen molar-refractivity contribution in [3.05, 3.63) is 71.3 Å². The molecule has 0 heterocycles. The first-order chi connectivity index (χ1) is 12.1. The van der Waals surface area contributed by atoms with E-state index >= 15 is 0 Å². The molecule has 130 valence electrons. The Bertz CT molecular complexity index is 737. The number of carbonyl (C=O) groups excluding carboxylic acids is 2. The fourth-order valence-corrected chi connectivity index (χ4v) is 2.02. The van der Waals surface area contributed by atoms with E-state index in [2.05, 4.69) is 5.32 Å². The number of hydrogen-bond acceptors (Lipinski definition) is 4. The van der Waals surface area contributed by atoms with E-state index in [0.29, 0.717) is 24.5 Å². The average molecular weight is 340 g/mol. The lowest BCUT2D eigenvalue weighted by molar-refractivity contribution is -0.116. The van der Waals surface area contributed by atoms with Gasteiger partial charge < -0.3 is 10.1 Å². The van der Waals surface area contributed by atoms with Crippen molar-refractivity contribution >= 4 is 17.9 Å². The van der Waals surface area contributed by atoms with E-state index in [1.54, 1.807) is 23.7 Å².